The van der Waals surface area contributed by atoms with Crippen molar-refractivity contribution in [3.8, 4) is 0 Å². The third kappa shape index (κ3) is 3.94. The van der Waals surface area contributed by atoms with Gasteiger partial charge in [0, 0.05) is 43.7 Å². The zero-order chi connectivity index (χ0) is 15.5. The van der Waals surface area contributed by atoms with Gasteiger partial charge < -0.3 is 10.2 Å². The monoisotopic (exact) mass is 354 g/mol. The lowest BCUT2D eigenvalue weighted by Gasteiger charge is -2.26. The second-order valence-corrected chi connectivity index (χ2v) is 6.78. The van der Waals surface area contributed by atoms with E-state index in [4.69, 9.17) is 0 Å². The van der Waals surface area contributed by atoms with Crippen molar-refractivity contribution < 1.29 is 4.79 Å². The number of carbonyl (C=O) groups excluding carboxylic acids is 1. The molecule has 0 spiro atoms. The molecule has 1 amide bonds. The summed E-state index contributed by atoms with van der Waals surface area (Å²) in [4.78, 5) is 16.2. The van der Waals surface area contributed by atoms with Gasteiger partial charge in [0.25, 0.3) is 0 Å². The molecule has 7 heteroatoms. The van der Waals surface area contributed by atoms with Gasteiger partial charge in [-0.1, -0.05) is 6.07 Å². The van der Waals surface area contributed by atoms with E-state index in [0.29, 0.717) is 6.54 Å². The molecule has 3 rings (SSSR count). The Kier molecular flexibility index (Phi) is 6.21. The van der Waals surface area contributed by atoms with Crippen LogP contribution < -0.4 is 5.32 Å². The molecule has 0 bridgehead atoms. The molecule has 1 saturated heterocycles. The summed E-state index contributed by atoms with van der Waals surface area (Å²) < 4.78 is 1.80. The Bertz CT molecular complexity index is 628. The summed E-state index contributed by atoms with van der Waals surface area (Å²) in [5.41, 5.74) is 1.15. The molecule has 0 aromatic carbocycles. The number of amides is 1. The van der Waals surface area contributed by atoms with Gasteiger partial charge in [-0.25, -0.2) is 0 Å². The number of halogens is 1. The van der Waals surface area contributed by atoms with Gasteiger partial charge in [-0.3, -0.25) is 9.48 Å². The summed E-state index contributed by atoms with van der Waals surface area (Å²) >= 11 is 1.70. The molecule has 0 radical (unpaired) electrons. The molecule has 0 unspecified atom stereocenters. The molecule has 0 aliphatic carbocycles. The molecule has 1 fully saturated rings. The molecule has 0 saturated carbocycles. The second-order valence-electron chi connectivity index (χ2n) is 5.75. The molecular weight excluding hydrogens is 332 g/mol. The van der Waals surface area contributed by atoms with Crippen molar-refractivity contribution in [1.29, 1.82) is 0 Å². The van der Waals surface area contributed by atoms with Gasteiger partial charge in [0.2, 0.25) is 5.91 Å². The number of thiophene rings is 1. The van der Waals surface area contributed by atoms with Gasteiger partial charge in [0.05, 0.1) is 18.7 Å². The standard InChI is InChI=1S/C16H22N4OS.ClH/c1-3-20(11-13-5-4-6-22-13)16(21)15-9-17-8-14(15)12-7-18-19(2)10-12;/h4-7,10,14-15,17H,3,8-9,11H2,1-2H3;1H/t14-,15+;/m1./s1. The zero-order valence-corrected chi connectivity index (χ0v) is 15.1. The van der Waals surface area contributed by atoms with Gasteiger partial charge >= 0.3 is 0 Å². The predicted molar refractivity (Wildman–Crippen MR) is 95.0 cm³/mol. The van der Waals surface area contributed by atoms with E-state index in [1.807, 2.05) is 37.3 Å². The van der Waals surface area contributed by atoms with E-state index >= 15 is 0 Å². The van der Waals surface area contributed by atoms with Crippen molar-refractivity contribution >= 4 is 29.7 Å². The van der Waals surface area contributed by atoms with Gasteiger partial charge in [-0.05, 0) is 23.9 Å². The number of hydrogen-bond donors (Lipinski definition) is 1. The highest BCUT2D eigenvalue weighted by molar-refractivity contribution is 7.09. The fraction of sp³-hybridized carbons (Fsp3) is 0.500. The van der Waals surface area contributed by atoms with E-state index in [1.165, 1.54) is 4.88 Å². The number of nitrogens with zero attached hydrogens (tertiary/aromatic N) is 3. The highest BCUT2D eigenvalue weighted by atomic mass is 35.5. The van der Waals surface area contributed by atoms with E-state index in [1.54, 1.807) is 16.0 Å². The van der Waals surface area contributed by atoms with Crippen molar-refractivity contribution in [1.82, 2.24) is 20.0 Å². The lowest BCUT2D eigenvalue weighted by Crippen LogP contribution is -2.38. The molecule has 2 aromatic heterocycles. The molecule has 5 nitrogen and oxygen atoms in total. The molecule has 2 aromatic rings. The molecule has 3 heterocycles. The van der Waals surface area contributed by atoms with Crippen molar-refractivity contribution in [2.24, 2.45) is 13.0 Å². The Morgan fingerprint density at radius 2 is 2.35 bits per heavy atom. The average molecular weight is 355 g/mol. The Morgan fingerprint density at radius 3 is 2.96 bits per heavy atom. The first-order valence-corrected chi connectivity index (χ1v) is 8.57. The molecular formula is C16H23ClN4OS. The van der Waals surface area contributed by atoms with E-state index in [9.17, 15) is 4.79 Å². The molecule has 1 aliphatic heterocycles. The van der Waals surface area contributed by atoms with Crippen LogP contribution in [0.4, 0.5) is 0 Å². The van der Waals surface area contributed by atoms with Crippen LogP contribution in [0.3, 0.4) is 0 Å². The average Bonchev–Trinajstić information content (AvgIpc) is 3.24. The molecule has 23 heavy (non-hydrogen) atoms. The van der Waals surface area contributed by atoms with Crippen molar-refractivity contribution in [3.63, 3.8) is 0 Å². The highest BCUT2D eigenvalue weighted by Gasteiger charge is 2.36. The van der Waals surface area contributed by atoms with Crippen LogP contribution in [0, 0.1) is 5.92 Å². The van der Waals surface area contributed by atoms with Crippen LogP contribution >= 0.6 is 23.7 Å². The van der Waals surface area contributed by atoms with Crippen LogP contribution in [-0.4, -0.2) is 40.2 Å². The first-order valence-electron chi connectivity index (χ1n) is 7.69. The zero-order valence-electron chi connectivity index (χ0n) is 13.4. The third-order valence-corrected chi connectivity index (χ3v) is 5.17. The number of hydrogen-bond acceptors (Lipinski definition) is 4. The first-order chi connectivity index (χ1) is 10.7. The van der Waals surface area contributed by atoms with Gasteiger partial charge in [0.15, 0.2) is 0 Å². The molecule has 126 valence electrons. The Balaban J connectivity index is 0.00000192. The van der Waals surface area contributed by atoms with E-state index in [0.717, 1.165) is 25.2 Å². The Morgan fingerprint density at radius 1 is 1.52 bits per heavy atom. The number of aromatic nitrogens is 2. The minimum absolute atomic E-state index is 0. The smallest absolute Gasteiger partial charge is 0.227 e. The summed E-state index contributed by atoms with van der Waals surface area (Å²) in [6.45, 7) is 5.10. The number of nitrogens with one attached hydrogen (secondary N) is 1. The molecule has 1 aliphatic rings. The lowest BCUT2D eigenvalue weighted by molar-refractivity contribution is -0.135. The number of rotatable bonds is 5. The third-order valence-electron chi connectivity index (χ3n) is 4.30. The summed E-state index contributed by atoms with van der Waals surface area (Å²) in [7, 11) is 1.91. The topological polar surface area (TPSA) is 50.2 Å². The van der Waals surface area contributed by atoms with Gasteiger partial charge in [-0.15, -0.1) is 23.7 Å². The number of carbonyl (C=O) groups is 1. The van der Waals surface area contributed by atoms with E-state index in [-0.39, 0.29) is 30.2 Å². The van der Waals surface area contributed by atoms with Crippen LogP contribution in [0.1, 0.15) is 23.3 Å². The van der Waals surface area contributed by atoms with Gasteiger partial charge in [0.1, 0.15) is 0 Å². The summed E-state index contributed by atoms with van der Waals surface area (Å²) in [5, 5.41) is 9.67. The fourth-order valence-electron chi connectivity index (χ4n) is 3.09. The van der Waals surface area contributed by atoms with Crippen LogP contribution in [0.2, 0.25) is 0 Å². The molecule has 2 atom stereocenters. The number of aryl methyl sites for hydroxylation is 1. The molecule has 1 N–H and O–H groups in total. The van der Waals surface area contributed by atoms with Crippen LogP contribution in [-0.2, 0) is 18.4 Å². The van der Waals surface area contributed by atoms with Crippen LogP contribution in [0.25, 0.3) is 0 Å². The maximum atomic E-state index is 13.0. The second kappa shape index (κ2) is 7.95. The van der Waals surface area contributed by atoms with Crippen LogP contribution in [0.15, 0.2) is 29.9 Å². The Labute approximate surface area is 147 Å². The van der Waals surface area contributed by atoms with E-state index < -0.39 is 0 Å². The summed E-state index contributed by atoms with van der Waals surface area (Å²) in [5.74, 6) is 0.470. The summed E-state index contributed by atoms with van der Waals surface area (Å²) in [6, 6.07) is 4.12. The van der Waals surface area contributed by atoms with Crippen LogP contribution in [0.5, 0.6) is 0 Å². The van der Waals surface area contributed by atoms with Crippen molar-refractivity contribution in [2.45, 2.75) is 19.4 Å². The quantitative estimate of drug-likeness (QED) is 0.896. The minimum Gasteiger partial charge on any atom is -0.338 e. The maximum Gasteiger partial charge on any atom is 0.227 e. The normalized spacial score (nSPS) is 20.3. The lowest BCUT2D eigenvalue weighted by atomic mass is 9.90. The fourth-order valence-corrected chi connectivity index (χ4v) is 3.81. The largest absolute Gasteiger partial charge is 0.338 e. The SMILES string of the molecule is CCN(Cc1cccs1)C(=O)[C@H]1CNC[C@@H]1c1cnn(C)c1.Cl. The van der Waals surface area contributed by atoms with Crippen molar-refractivity contribution in [3.05, 3.63) is 40.3 Å². The summed E-state index contributed by atoms with van der Waals surface area (Å²) in [6.07, 6.45) is 3.90. The van der Waals surface area contributed by atoms with E-state index in [2.05, 4.69) is 21.9 Å². The first kappa shape index (κ1) is 18.0. The van der Waals surface area contributed by atoms with Crippen molar-refractivity contribution in [2.75, 3.05) is 19.6 Å². The minimum atomic E-state index is 0. The Hall–Kier alpha value is -1.37. The predicted octanol–water partition coefficient (Wildman–Crippen LogP) is 2.26. The van der Waals surface area contributed by atoms with Gasteiger partial charge in [-0.2, -0.15) is 5.10 Å². The highest BCUT2D eigenvalue weighted by Crippen LogP contribution is 2.29. The maximum absolute atomic E-state index is 13.0.